The minimum absolute atomic E-state index is 0.0266. The van der Waals surface area contributed by atoms with Gasteiger partial charge in [0.15, 0.2) is 0 Å². The number of hydrogen-bond acceptors (Lipinski definition) is 2. The van der Waals surface area contributed by atoms with E-state index in [1.54, 1.807) is 6.07 Å². The zero-order chi connectivity index (χ0) is 13.5. The fourth-order valence-corrected chi connectivity index (χ4v) is 1.69. The molecule has 1 rings (SSSR count). The lowest BCUT2D eigenvalue weighted by atomic mass is 10.1. The van der Waals surface area contributed by atoms with Crippen LogP contribution in [0.15, 0.2) is 18.2 Å². The number of hydrogen-bond donors (Lipinski definition) is 1. The Labute approximate surface area is 113 Å². The summed E-state index contributed by atoms with van der Waals surface area (Å²) in [5.74, 6) is 0.871. The maximum atomic E-state index is 13.0. The van der Waals surface area contributed by atoms with E-state index in [0.29, 0.717) is 11.7 Å². The highest BCUT2D eigenvalue weighted by Gasteiger charge is 2.06. The molecule has 18 heavy (non-hydrogen) atoms. The highest BCUT2D eigenvalue weighted by atomic mass is 35.5. The lowest BCUT2D eigenvalue weighted by Crippen LogP contribution is -2.30. The average Bonchev–Trinajstić information content (AvgIpc) is 2.29. The molecule has 0 saturated heterocycles. The molecule has 0 aliphatic heterocycles. The molecule has 0 radical (unpaired) electrons. The maximum Gasteiger partial charge on any atom is 0.142 e. The van der Waals surface area contributed by atoms with Gasteiger partial charge in [-0.1, -0.05) is 25.4 Å². The predicted molar refractivity (Wildman–Crippen MR) is 73.8 cm³/mol. The summed E-state index contributed by atoms with van der Waals surface area (Å²) in [5.41, 5.74) is 0. The standard InChI is InChI=1S/C14H21ClFNO/c1-10(2)6-7-17-9-11(3)18-12-4-5-14(16)13(15)8-12/h4-5,8,10-11,17H,6-7,9H2,1-3H3. The predicted octanol–water partition coefficient (Wildman–Crippen LogP) is 3.88. The Kier molecular flexibility index (Phi) is 6.44. The third-order valence-electron chi connectivity index (χ3n) is 2.56. The molecular weight excluding hydrogens is 253 g/mol. The first kappa shape index (κ1) is 15.3. The first-order valence-corrected chi connectivity index (χ1v) is 6.69. The van der Waals surface area contributed by atoms with Crippen molar-refractivity contribution in [3.63, 3.8) is 0 Å². The second-order valence-corrected chi connectivity index (χ2v) is 5.30. The van der Waals surface area contributed by atoms with Crippen molar-refractivity contribution in [2.24, 2.45) is 5.92 Å². The van der Waals surface area contributed by atoms with E-state index in [4.69, 9.17) is 16.3 Å². The molecule has 2 nitrogen and oxygen atoms in total. The van der Waals surface area contributed by atoms with Gasteiger partial charge in [-0.25, -0.2) is 4.39 Å². The van der Waals surface area contributed by atoms with Crippen LogP contribution in [0.1, 0.15) is 27.2 Å². The van der Waals surface area contributed by atoms with Crippen LogP contribution in [0.4, 0.5) is 4.39 Å². The lowest BCUT2D eigenvalue weighted by Gasteiger charge is -2.16. The fourth-order valence-electron chi connectivity index (χ4n) is 1.52. The molecule has 0 fully saturated rings. The van der Waals surface area contributed by atoms with Gasteiger partial charge in [0.2, 0.25) is 0 Å². The third kappa shape index (κ3) is 5.69. The van der Waals surface area contributed by atoms with E-state index in [9.17, 15) is 4.39 Å². The van der Waals surface area contributed by atoms with Crippen LogP contribution in [0, 0.1) is 11.7 Å². The summed E-state index contributed by atoms with van der Waals surface area (Å²) in [5, 5.41) is 3.42. The van der Waals surface area contributed by atoms with Crippen LogP contribution < -0.4 is 10.1 Å². The van der Waals surface area contributed by atoms with Crippen molar-refractivity contribution in [2.75, 3.05) is 13.1 Å². The fraction of sp³-hybridized carbons (Fsp3) is 0.571. The van der Waals surface area contributed by atoms with Gasteiger partial charge in [0.05, 0.1) is 5.02 Å². The summed E-state index contributed by atoms with van der Waals surface area (Å²) in [4.78, 5) is 0. The van der Waals surface area contributed by atoms with Crippen molar-refractivity contribution in [1.82, 2.24) is 5.32 Å². The monoisotopic (exact) mass is 273 g/mol. The molecule has 0 aliphatic carbocycles. The molecule has 1 aromatic carbocycles. The van der Waals surface area contributed by atoms with Gasteiger partial charge in [-0.05, 0) is 37.9 Å². The molecule has 102 valence electrons. The van der Waals surface area contributed by atoms with E-state index in [1.807, 2.05) is 6.92 Å². The van der Waals surface area contributed by atoms with Gasteiger partial charge >= 0.3 is 0 Å². The molecule has 0 aromatic heterocycles. The molecule has 0 aliphatic rings. The highest BCUT2D eigenvalue weighted by Crippen LogP contribution is 2.21. The van der Waals surface area contributed by atoms with Crippen LogP contribution >= 0.6 is 11.6 Å². The Balaban J connectivity index is 2.31. The minimum Gasteiger partial charge on any atom is -0.489 e. The van der Waals surface area contributed by atoms with E-state index in [2.05, 4.69) is 19.2 Å². The van der Waals surface area contributed by atoms with Gasteiger partial charge in [0.25, 0.3) is 0 Å². The molecule has 0 amide bonds. The molecule has 0 saturated carbocycles. The first-order chi connectivity index (χ1) is 8.49. The summed E-state index contributed by atoms with van der Waals surface area (Å²) < 4.78 is 18.6. The Morgan fingerprint density at radius 3 is 2.67 bits per heavy atom. The van der Waals surface area contributed by atoms with E-state index in [0.717, 1.165) is 19.5 Å². The van der Waals surface area contributed by atoms with Gasteiger partial charge < -0.3 is 10.1 Å². The molecule has 0 bridgehead atoms. The van der Waals surface area contributed by atoms with Crippen LogP contribution in [-0.4, -0.2) is 19.2 Å². The number of rotatable bonds is 7. The molecule has 1 unspecified atom stereocenters. The van der Waals surface area contributed by atoms with Crippen molar-refractivity contribution >= 4 is 11.6 Å². The molecular formula is C14H21ClFNO. The summed E-state index contributed by atoms with van der Waals surface area (Å²) in [7, 11) is 0. The summed E-state index contributed by atoms with van der Waals surface area (Å²) >= 11 is 5.69. The summed E-state index contributed by atoms with van der Waals surface area (Å²) in [6, 6.07) is 4.41. The second-order valence-electron chi connectivity index (χ2n) is 4.89. The van der Waals surface area contributed by atoms with Crippen molar-refractivity contribution < 1.29 is 9.13 Å². The Morgan fingerprint density at radius 2 is 2.06 bits per heavy atom. The van der Waals surface area contributed by atoms with Crippen LogP contribution in [0.2, 0.25) is 5.02 Å². The largest absolute Gasteiger partial charge is 0.489 e. The Morgan fingerprint density at radius 1 is 1.33 bits per heavy atom. The highest BCUT2D eigenvalue weighted by molar-refractivity contribution is 6.30. The van der Waals surface area contributed by atoms with Gasteiger partial charge in [0.1, 0.15) is 17.7 Å². The maximum absolute atomic E-state index is 13.0. The van der Waals surface area contributed by atoms with Crippen LogP contribution in [0.3, 0.4) is 0 Å². The Bertz CT molecular complexity index is 371. The van der Waals surface area contributed by atoms with E-state index >= 15 is 0 Å². The minimum atomic E-state index is -0.424. The van der Waals surface area contributed by atoms with Gasteiger partial charge in [-0.15, -0.1) is 0 Å². The Hall–Kier alpha value is -0.800. The quantitative estimate of drug-likeness (QED) is 0.761. The van der Waals surface area contributed by atoms with Gasteiger partial charge in [0, 0.05) is 12.6 Å². The lowest BCUT2D eigenvalue weighted by molar-refractivity contribution is 0.216. The molecule has 0 heterocycles. The van der Waals surface area contributed by atoms with Crippen LogP contribution in [0.25, 0.3) is 0 Å². The number of nitrogens with one attached hydrogen (secondary N) is 1. The van der Waals surface area contributed by atoms with Gasteiger partial charge in [-0.3, -0.25) is 0 Å². The van der Waals surface area contributed by atoms with Crippen molar-refractivity contribution in [2.45, 2.75) is 33.3 Å². The van der Waals surface area contributed by atoms with Crippen molar-refractivity contribution in [3.05, 3.63) is 29.0 Å². The van der Waals surface area contributed by atoms with E-state index in [-0.39, 0.29) is 11.1 Å². The SMILES string of the molecule is CC(C)CCNCC(C)Oc1ccc(F)c(Cl)c1. The smallest absolute Gasteiger partial charge is 0.142 e. The van der Waals surface area contributed by atoms with Gasteiger partial charge in [-0.2, -0.15) is 0 Å². The molecule has 4 heteroatoms. The van der Waals surface area contributed by atoms with Crippen LogP contribution in [-0.2, 0) is 0 Å². The molecule has 1 aromatic rings. The normalized spacial score (nSPS) is 12.8. The van der Waals surface area contributed by atoms with Crippen LogP contribution in [0.5, 0.6) is 5.75 Å². The first-order valence-electron chi connectivity index (χ1n) is 6.31. The van der Waals surface area contributed by atoms with E-state index in [1.165, 1.54) is 12.1 Å². The van der Waals surface area contributed by atoms with E-state index < -0.39 is 5.82 Å². The average molecular weight is 274 g/mol. The van der Waals surface area contributed by atoms with Crippen molar-refractivity contribution in [3.8, 4) is 5.75 Å². The zero-order valence-corrected chi connectivity index (χ0v) is 11.9. The zero-order valence-electron chi connectivity index (χ0n) is 11.2. The number of ether oxygens (including phenoxy) is 1. The second kappa shape index (κ2) is 7.59. The number of benzene rings is 1. The topological polar surface area (TPSA) is 21.3 Å². The van der Waals surface area contributed by atoms with Crippen molar-refractivity contribution in [1.29, 1.82) is 0 Å². The molecule has 0 spiro atoms. The molecule has 1 atom stereocenters. The summed E-state index contributed by atoms with van der Waals surface area (Å²) in [6.45, 7) is 8.11. The molecule has 1 N–H and O–H groups in total. The number of halogens is 2. The summed E-state index contributed by atoms with van der Waals surface area (Å²) in [6.07, 6.45) is 1.17. The third-order valence-corrected chi connectivity index (χ3v) is 2.85.